The molecule has 2 unspecified atom stereocenters. The van der Waals surface area contributed by atoms with Crippen molar-refractivity contribution in [2.24, 2.45) is 5.92 Å². The van der Waals surface area contributed by atoms with E-state index in [0.717, 1.165) is 0 Å². The fraction of sp³-hybridized carbons (Fsp3) is 0.818. The summed E-state index contributed by atoms with van der Waals surface area (Å²) in [6.07, 6.45) is -1.42. The van der Waals surface area contributed by atoms with Gasteiger partial charge < -0.3 is 20.4 Å². The second kappa shape index (κ2) is 7.11. The number of hydrogen-bond acceptors (Lipinski definition) is 3. The fourth-order valence-corrected chi connectivity index (χ4v) is 1.20. The van der Waals surface area contributed by atoms with Gasteiger partial charge in [-0.05, 0) is 12.8 Å². The Hall–Kier alpha value is -1.30. The van der Waals surface area contributed by atoms with Crippen molar-refractivity contribution in [1.29, 1.82) is 0 Å². The van der Waals surface area contributed by atoms with Crippen LogP contribution < -0.4 is 5.32 Å². The Kier molecular flexibility index (Phi) is 6.57. The van der Waals surface area contributed by atoms with Crippen molar-refractivity contribution in [3.8, 4) is 0 Å². The zero-order valence-corrected chi connectivity index (χ0v) is 10.8. The van der Waals surface area contributed by atoms with Crippen LogP contribution >= 0.6 is 0 Å². The third kappa shape index (κ3) is 5.53. The van der Waals surface area contributed by atoms with Crippen molar-refractivity contribution in [3.05, 3.63) is 0 Å². The number of carbonyl (C=O) groups is 2. The molecule has 2 amide bonds. The molecule has 0 spiro atoms. The van der Waals surface area contributed by atoms with E-state index in [2.05, 4.69) is 5.32 Å². The highest BCUT2D eigenvalue weighted by molar-refractivity contribution is 5.74. The van der Waals surface area contributed by atoms with Crippen molar-refractivity contribution in [3.63, 3.8) is 0 Å². The first kappa shape index (κ1) is 15.7. The van der Waals surface area contributed by atoms with E-state index in [1.54, 1.807) is 11.9 Å². The molecule has 0 fully saturated rings. The number of aliphatic hydroxyl groups excluding tert-OH is 1. The molecule has 0 aromatic rings. The van der Waals surface area contributed by atoms with E-state index < -0.39 is 12.1 Å². The van der Waals surface area contributed by atoms with Gasteiger partial charge in [0.05, 0.1) is 0 Å². The lowest BCUT2D eigenvalue weighted by atomic mass is 10.1. The molecule has 0 aromatic heterocycles. The van der Waals surface area contributed by atoms with Gasteiger partial charge in [0.25, 0.3) is 0 Å². The van der Waals surface area contributed by atoms with Gasteiger partial charge >= 0.3 is 12.0 Å². The van der Waals surface area contributed by atoms with E-state index in [-0.39, 0.29) is 25.0 Å². The molecule has 0 rings (SSSR count). The lowest BCUT2D eigenvalue weighted by molar-refractivity contribution is -0.146. The molecular formula is C11H22N2O4. The molecule has 0 bridgehead atoms. The Labute approximate surface area is 102 Å². The van der Waals surface area contributed by atoms with Crippen LogP contribution in [0.2, 0.25) is 0 Å². The first-order valence-electron chi connectivity index (χ1n) is 5.68. The highest BCUT2D eigenvalue weighted by Gasteiger charge is 2.19. The van der Waals surface area contributed by atoms with Crippen LogP contribution in [-0.4, -0.2) is 52.9 Å². The van der Waals surface area contributed by atoms with Crippen molar-refractivity contribution in [1.82, 2.24) is 10.2 Å². The van der Waals surface area contributed by atoms with Crippen LogP contribution in [0.3, 0.4) is 0 Å². The highest BCUT2D eigenvalue weighted by atomic mass is 16.4. The smallest absolute Gasteiger partial charge is 0.332 e. The quantitative estimate of drug-likeness (QED) is 0.637. The van der Waals surface area contributed by atoms with Crippen LogP contribution in [-0.2, 0) is 4.79 Å². The number of aliphatic hydroxyl groups is 1. The molecule has 0 aliphatic carbocycles. The minimum atomic E-state index is -1.43. The van der Waals surface area contributed by atoms with E-state index in [1.165, 1.54) is 0 Å². The first-order valence-corrected chi connectivity index (χ1v) is 5.68. The van der Waals surface area contributed by atoms with Crippen LogP contribution in [0.25, 0.3) is 0 Å². The van der Waals surface area contributed by atoms with Crippen molar-refractivity contribution in [2.75, 3.05) is 13.6 Å². The zero-order chi connectivity index (χ0) is 13.6. The number of carboxylic acid groups (broad SMARTS) is 1. The summed E-state index contributed by atoms with van der Waals surface area (Å²) in [6.45, 7) is 6.11. The predicted molar refractivity (Wildman–Crippen MR) is 63.7 cm³/mol. The van der Waals surface area contributed by atoms with Crippen molar-refractivity contribution >= 4 is 12.0 Å². The molecule has 100 valence electrons. The first-order chi connectivity index (χ1) is 7.77. The molecule has 0 radical (unpaired) electrons. The summed E-state index contributed by atoms with van der Waals surface area (Å²) in [7, 11) is 1.69. The normalized spacial score (nSPS) is 14.2. The van der Waals surface area contributed by atoms with Crippen LogP contribution in [0, 0.1) is 5.92 Å². The van der Waals surface area contributed by atoms with Gasteiger partial charge in [0, 0.05) is 26.1 Å². The van der Waals surface area contributed by atoms with Crippen LogP contribution in [0.15, 0.2) is 0 Å². The third-order valence-electron chi connectivity index (χ3n) is 2.88. The van der Waals surface area contributed by atoms with Gasteiger partial charge in [0.15, 0.2) is 6.10 Å². The van der Waals surface area contributed by atoms with E-state index in [1.807, 2.05) is 20.8 Å². The van der Waals surface area contributed by atoms with E-state index in [9.17, 15) is 9.59 Å². The maximum atomic E-state index is 11.6. The maximum absolute atomic E-state index is 11.6. The minimum Gasteiger partial charge on any atom is -0.479 e. The van der Waals surface area contributed by atoms with E-state index in [4.69, 9.17) is 10.2 Å². The second-order valence-electron chi connectivity index (χ2n) is 4.47. The van der Waals surface area contributed by atoms with Gasteiger partial charge in [0.2, 0.25) is 0 Å². The number of rotatable bonds is 6. The lowest BCUT2D eigenvalue weighted by Crippen LogP contribution is -2.45. The van der Waals surface area contributed by atoms with E-state index in [0.29, 0.717) is 5.92 Å². The Bertz CT molecular complexity index is 268. The second-order valence-corrected chi connectivity index (χ2v) is 4.47. The number of nitrogens with zero attached hydrogens (tertiary/aromatic N) is 1. The van der Waals surface area contributed by atoms with Crippen LogP contribution in [0.1, 0.15) is 27.2 Å². The summed E-state index contributed by atoms with van der Waals surface area (Å²) in [5, 5.41) is 20.0. The molecule has 2 atom stereocenters. The number of carbonyl (C=O) groups excluding carboxylic acids is 1. The zero-order valence-electron chi connectivity index (χ0n) is 10.8. The van der Waals surface area contributed by atoms with Gasteiger partial charge in [-0.25, -0.2) is 9.59 Å². The van der Waals surface area contributed by atoms with Crippen molar-refractivity contribution in [2.45, 2.75) is 39.3 Å². The van der Waals surface area contributed by atoms with Gasteiger partial charge in [0.1, 0.15) is 0 Å². The molecule has 0 saturated heterocycles. The average molecular weight is 246 g/mol. The molecule has 0 aliphatic rings. The average Bonchev–Trinajstić information content (AvgIpc) is 2.26. The number of hydrogen-bond donors (Lipinski definition) is 3. The number of nitrogens with one attached hydrogen (secondary N) is 1. The fourth-order valence-electron chi connectivity index (χ4n) is 1.20. The molecule has 17 heavy (non-hydrogen) atoms. The number of aliphatic carboxylic acids is 1. The SMILES string of the molecule is CC(C)C(C)N(C)C(=O)NCCC(O)C(=O)O. The largest absolute Gasteiger partial charge is 0.479 e. The van der Waals surface area contributed by atoms with Gasteiger partial charge in [-0.2, -0.15) is 0 Å². The summed E-state index contributed by atoms with van der Waals surface area (Å²) in [4.78, 5) is 23.5. The Balaban J connectivity index is 3.98. The van der Waals surface area contributed by atoms with Gasteiger partial charge in [-0.3, -0.25) is 0 Å². The van der Waals surface area contributed by atoms with Gasteiger partial charge in [-0.1, -0.05) is 13.8 Å². The minimum absolute atomic E-state index is 0.00493. The van der Waals surface area contributed by atoms with Crippen molar-refractivity contribution < 1.29 is 19.8 Å². The molecule has 6 nitrogen and oxygen atoms in total. The summed E-state index contributed by atoms with van der Waals surface area (Å²) >= 11 is 0. The Morgan fingerprint density at radius 3 is 2.24 bits per heavy atom. The summed E-state index contributed by atoms with van der Waals surface area (Å²) in [5.41, 5.74) is 0. The molecule has 0 saturated carbocycles. The summed E-state index contributed by atoms with van der Waals surface area (Å²) in [6, 6.07) is -0.164. The molecule has 6 heteroatoms. The standard InChI is InChI=1S/C11H22N2O4/c1-7(2)8(3)13(4)11(17)12-6-5-9(14)10(15)16/h7-9,14H,5-6H2,1-4H3,(H,12,17)(H,15,16). The molecule has 3 N–H and O–H groups in total. The molecule has 0 heterocycles. The predicted octanol–water partition coefficient (Wildman–Crippen LogP) is 0.508. The Morgan fingerprint density at radius 1 is 1.29 bits per heavy atom. The number of carboxylic acids is 1. The lowest BCUT2D eigenvalue weighted by Gasteiger charge is -2.28. The number of urea groups is 1. The molecule has 0 aliphatic heterocycles. The van der Waals surface area contributed by atoms with Crippen LogP contribution in [0.4, 0.5) is 4.79 Å². The highest BCUT2D eigenvalue weighted by Crippen LogP contribution is 2.07. The third-order valence-corrected chi connectivity index (χ3v) is 2.88. The summed E-state index contributed by atoms with van der Waals surface area (Å²) in [5.74, 6) is -0.932. The van der Waals surface area contributed by atoms with Gasteiger partial charge in [-0.15, -0.1) is 0 Å². The molecular weight excluding hydrogens is 224 g/mol. The Morgan fingerprint density at radius 2 is 1.82 bits per heavy atom. The maximum Gasteiger partial charge on any atom is 0.332 e. The topological polar surface area (TPSA) is 89.9 Å². The monoisotopic (exact) mass is 246 g/mol. The van der Waals surface area contributed by atoms with Crippen LogP contribution in [0.5, 0.6) is 0 Å². The number of amides is 2. The van der Waals surface area contributed by atoms with E-state index >= 15 is 0 Å². The summed E-state index contributed by atoms with van der Waals surface area (Å²) < 4.78 is 0. The molecule has 0 aromatic carbocycles.